The Balaban J connectivity index is 1.90. The maximum Gasteiger partial charge on any atom is 0.416 e. The number of hydrogen-bond acceptors (Lipinski definition) is 3. The van der Waals surface area contributed by atoms with E-state index < -0.39 is 23.8 Å². The lowest BCUT2D eigenvalue weighted by Crippen LogP contribution is -2.50. The lowest BCUT2D eigenvalue weighted by atomic mass is 9.97. The third kappa shape index (κ3) is 4.11. The van der Waals surface area contributed by atoms with E-state index in [2.05, 4.69) is 0 Å². The van der Waals surface area contributed by atoms with Gasteiger partial charge in [-0.05, 0) is 29.3 Å². The molecule has 2 aromatic rings. The number of alkyl halides is 3. The van der Waals surface area contributed by atoms with Crippen molar-refractivity contribution in [3.63, 3.8) is 0 Å². The summed E-state index contributed by atoms with van der Waals surface area (Å²) >= 11 is 0. The van der Waals surface area contributed by atoms with Gasteiger partial charge in [-0.2, -0.15) is 13.2 Å². The van der Waals surface area contributed by atoms with Gasteiger partial charge >= 0.3 is 6.18 Å². The third-order valence-electron chi connectivity index (χ3n) is 4.35. The Bertz CT molecular complexity index is 850. The highest BCUT2D eigenvalue weighted by Gasteiger charge is 2.31. The van der Waals surface area contributed by atoms with Crippen molar-refractivity contribution in [2.75, 3.05) is 19.7 Å². The molecule has 27 heavy (non-hydrogen) atoms. The molecular formula is C19H17F3N2O3. The lowest BCUT2D eigenvalue weighted by Gasteiger charge is -2.31. The number of rotatable bonds is 3. The highest BCUT2D eigenvalue weighted by molar-refractivity contribution is 6.01. The molecule has 0 aromatic heterocycles. The van der Waals surface area contributed by atoms with E-state index in [0.717, 1.165) is 12.1 Å². The number of benzene rings is 2. The fourth-order valence-corrected chi connectivity index (χ4v) is 2.94. The summed E-state index contributed by atoms with van der Waals surface area (Å²) in [5.74, 6) is -0.983. The highest BCUT2D eigenvalue weighted by atomic mass is 19.4. The first-order chi connectivity index (χ1) is 12.8. The molecule has 2 amide bonds. The number of nitrogens with two attached hydrogens (primary N) is 1. The van der Waals surface area contributed by atoms with E-state index >= 15 is 0 Å². The fraction of sp³-hybridized carbons (Fsp3) is 0.263. The number of nitrogens with zero attached hydrogens (tertiary/aromatic N) is 1. The minimum atomic E-state index is -4.43. The van der Waals surface area contributed by atoms with E-state index in [4.69, 9.17) is 10.5 Å². The zero-order valence-electron chi connectivity index (χ0n) is 14.2. The van der Waals surface area contributed by atoms with Crippen LogP contribution in [0.15, 0.2) is 48.5 Å². The van der Waals surface area contributed by atoms with E-state index in [9.17, 15) is 22.8 Å². The Morgan fingerprint density at radius 1 is 1.07 bits per heavy atom. The largest absolute Gasteiger partial charge is 0.416 e. The molecule has 1 aliphatic heterocycles. The Morgan fingerprint density at radius 2 is 1.74 bits per heavy atom. The van der Waals surface area contributed by atoms with Crippen molar-refractivity contribution in [3.8, 4) is 11.1 Å². The molecule has 0 radical (unpaired) electrons. The molecule has 3 rings (SSSR count). The van der Waals surface area contributed by atoms with Crippen LogP contribution >= 0.6 is 0 Å². The normalized spacial score (nSPS) is 17.6. The molecule has 0 saturated carbocycles. The number of amides is 2. The van der Waals surface area contributed by atoms with E-state index in [-0.39, 0.29) is 19.1 Å². The zero-order valence-corrected chi connectivity index (χ0v) is 14.2. The van der Waals surface area contributed by atoms with Gasteiger partial charge in [0.15, 0.2) is 6.10 Å². The van der Waals surface area contributed by atoms with Crippen molar-refractivity contribution < 1.29 is 27.5 Å². The number of ether oxygens (including phenoxy) is 1. The fourth-order valence-electron chi connectivity index (χ4n) is 2.94. The van der Waals surface area contributed by atoms with Gasteiger partial charge in [0.25, 0.3) is 5.91 Å². The first kappa shape index (κ1) is 18.9. The Hall–Kier alpha value is -2.87. The maximum absolute atomic E-state index is 12.9. The minimum absolute atomic E-state index is 0.0372. The summed E-state index contributed by atoms with van der Waals surface area (Å²) in [5, 5.41) is 0. The van der Waals surface area contributed by atoms with Crippen LogP contribution in [0.3, 0.4) is 0 Å². The average Bonchev–Trinajstić information content (AvgIpc) is 2.67. The number of carbonyl (C=O) groups excluding carboxylic acids is 2. The number of carbonyl (C=O) groups is 2. The average molecular weight is 378 g/mol. The summed E-state index contributed by atoms with van der Waals surface area (Å²) in [6.07, 6.45) is -5.30. The van der Waals surface area contributed by atoms with Gasteiger partial charge < -0.3 is 15.4 Å². The van der Waals surface area contributed by atoms with Crippen molar-refractivity contribution in [2.45, 2.75) is 12.3 Å². The van der Waals surface area contributed by atoms with E-state index in [0.29, 0.717) is 23.2 Å². The number of hydrogen-bond donors (Lipinski definition) is 1. The molecule has 0 bridgehead atoms. The molecule has 8 heteroatoms. The first-order valence-corrected chi connectivity index (χ1v) is 8.24. The molecule has 1 saturated heterocycles. The Labute approximate surface area is 153 Å². The van der Waals surface area contributed by atoms with Crippen molar-refractivity contribution >= 4 is 11.8 Å². The summed E-state index contributed by atoms with van der Waals surface area (Å²) in [6, 6.07) is 11.3. The maximum atomic E-state index is 12.9. The van der Waals surface area contributed by atoms with Gasteiger partial charge in [0.1, 0.15) is 0 Å². The quantitative estimate of drug-likeness (QED) is 0.893. The van der Waals surface area contributed by atoms with Crippen molar-refractivity contribution in [1.29, 1.82) is 0 Å². The number of primary amides is 1. The summed E-state index contributed by atoms with van der Waals surface area (Å²) in [6.45, 7) is 0.515. The molecule has 0 spiro atoms. The van der Waals surface area contributed by atoms with Crippen LogP contribution in [0, 0.1) is 0 Å². The van der Waals surface area contributed by atoms with Gasteiger partial charge in [0.05, 0.1) is 18.7 Å². The van der Waals surface area contributed by atoms with Crippen LogP contribution in [0.5, 0.6) is 0 Å². The van der Waals surface area contributed by atoms with Gasteiger partial charge in [-0.1, -0.05) is 30.3 Å². The molecule has 1 heterocycles. The number of morpholine rings is 1. The van der Waals surface area contributed by atoms with Crippen molar-refractivity contribution in [3.05, 3.63) is 59.7 Å². The van der Waals surface area contributed by atoms with Crippen LogP contribution in [0.4, 0.5) is 13.2 Å². The van der Waals surface area contributed by atoms with Crippen molar-refractivity contribution in [2.24, 2.45) is 5.73 Å². The van der Waals surface area contributed by atoms with Crippen LogP contribution in [0.2, 0.25) is 0 Å². The molecule has 2 aromatic carbocycles. The van der Waals surface area contributed by atoms with E-state index in [1.165, 1.54) is 17.0 Å². The molecule has 2 N–H and O–H groups in total. The summed E-state index contributed by atoms with van der Waals surface area (Å²) < 4.78 is 43.5. The van der Waals surface area contributed by atoms with Crippen molar-refractivity contribution in [1.82, 2.24) is 4.90 Å². The topological polar surface area (TPSA) is 72.6 Å². The molecule has 5 nitrogen and oxygen atoms in total. The smallest absolute Gasteiger partial charge is 0.367 e. The van der Waals surface area contributed by atoms with Gasteiger partial charge in [0, 0.05) is 12.1 Å². The van der Waals surface area contributed by atoms with E-state index in [1.54, 1.807) is 24.3 Å². The Kier molecular flexibility index (Phi) is 5.18. The molecule has 0 aliphatic carbocycles. The predicted molar refractivity (Wildman–Crippen MR) is 91.7 cm³/mol. The highest BCUT2D eigenvalue weighted by Crippen LogP contribution is 2.32. The summed E-state index contributed by atoms with van der Waals surface area (Å²) in [5.41, 5.74) is 5.83. The van der Waals surface area contributed by atoms with Crippen LogP contribution in [0.25, 0.3) is 11.1 Å². The predicted octanol–water partition coefficient (Wildman–Crippen LogP) is 2.70. The molecule has 142 valence electrons. The second kappa shape index (κ2) is 7.40. The first-order valence-electron chi connectivity index (χ1n) is 8.24. The minimum Gasteiger partial charge on any atom is -0.367 e. The summed E-state index contributed by atoms with van der Waals surface area (Å²) in [7, 11) is 0. The molecule has 1 atom stereocenters. The second-order valence-corrected chi connectivity index (χ2v) is 6.13. The van der Waals surface area contributed by atoms with Crippen LogP contribution < -0.4 is 5.73 Å². The van der Waals surface area contributed by atoms with Crippen LogP contribution in [0.1, 0.15) is 15.9 Å². The monoisotopic (exact) mass is 378 g/mol. The molecule has 1 aliphatic rings. The van der Waals surface area contributed by atoms with E-state index in [1.807, 2.05) is 0 Å². The Morgan fingerprint density at radius 3 is 2.37 bits per heavy atom. The standard InChI is InChI=1S/C19H17F3N2O3/c20-19(21,22)13-7-5-12(6-8-13)14-3-1-2-4-15(14)18(26)24-9-10-27-16(11-24)17(23)25/h1-8,16H,9-11H2,(H2,23,25). The van der Waals surface area contributed by atoms with Gasteiger partial charge in [-0.25, -0.2) is 0 Å². The van der Waals surface area contributed by atoms with Crippen LogP contribution in [-0.4, -0.2) is 42.5 Å². The van der Waals surface area contributed by atoms with Gasteiger partial charge in [0.2, 0.25) is 5.91 Å². The summed E-state index contributed by atoms with van der Waals surface area (Å²) in [4.78, 5) is 25.7. The molecule has 1 unspecified atom stereocenters. The van der Waals surface area contributed by atoms with Gasteiger partial charge in [-0.15, -0.1) is 0 Å². The third-order valence-corrected chi connectivity index (χ3v) is 4.35. The lowest BCUT2D eigenvalue weighted by molar-refractivity contribution is -0.137. The van der Waals surface area contributed by atoms with Crippen LogP contribution in [-0.2, 0) is 15.7 Å². The van der Waals surface area contributed by atoms with Gasteiger partial charge in [-0.3, -0.25) is 9.59 Å². The second-order valence-electron chi connectivity index (χ2n) is 6.13. The SMILES string of the molecule is NC(=O)C1CN(C(=O)c2ccccc2-c2ccc(C(F)(F)F)cc2)CCO1. The zero-order chi connectivity index (χ0) is 19.6. The molecule has 1 fully saturated rings. The number of halogens is 3. The molecular weight excluding hydrogens is 361 g/mol.